The number of esters is 1. The molecule has 2 aromatic carbocycles. The zero-order chi connectivity index (χ0) is 25.3. The minimum absolute atomic E-state index is 0.308. The molecule has 0 amide bonds. The van der Waals surface area contributed by atoms with Crippen LogP contribution in [-0.4, -0.2) is 37.9 Å². The van der Waals surface area contributed by atoms with Gasteiger partial charge in [-0.1, -0.05) is 45.0 Å². The quantitative estimate of drug-likeness (QED) is 0.310. The van der Waals surface area contributed by atoms with Gasteiger partial charge in [0.05, 0.1) is 20.8 Å². The molecule has 1 N–H and O–H groups in total. The Kier molecular flexibility index (Phi) is 13.5. The van der Waals surface area contributed by atoms with Gasteiger partial charge in [0.25, 0.3) is 0 Å². The molecular weight excluding hydrogens is 432 g/mol. The van der Waals surface area contributed by atoms with Crippen molar-refractivity contribution in [3.8, 4) is 11.5 Å². The molecule has 0 aliphatic heterocycles. The molecule has 6 heteroatoms. The molecule has 0 aliphatic rings. The number of hydrogen-bond donors (Lipinski definition) is 1. The Labute approximate surface area is 202 Å². The van der Waals surface area contributed by atoms with E-state index in [4.69, 9.17) is 19.3 Å². The number of benzene rings is 2. The van der Waals surface area contributed by atoms with E-state index in [1.54, 1.807) is 26.4 Å². The Bertz CT molecular complexity index is 924. The van der Waals surface area contributed by atoms with Gasteiger partial charge in [0, 0.05) is 11.6 Å². The lowest BCUT2D eigenvalue weighted by Crippen LogP contribution is -2.02. The smallest absolute Gasteiger partial charge is 0.331 e. The fourth-order valence-electron chi connectivity index (χ4n) is 2.72. The monoisotopic (exact) mass is 468 g/mol. The van der Waals surface area contributed by atoms with E-state index >= 15 is 0 Å². The maximum atomic E-state index is 11.2. The van der Waals surface area contributed by atoms with Crippen molar-refractivity contribution in [1.82, 2.24) is 0 Å². The lowest BCUT2D eigenvalue weighted by molar-refractivity contribution is -0.137. The summed E-state index contributed by atoms with van der Waals surface area (Å²) in [5.74, 6) is 0.921. The molecule has 0 fully saturated rings. The standard InChI is InChI=1S/C15H20O3.C13H16O3/c1-11(2)4-7-13(15(16)17)10-12-5-8-14(18-3)9-6-12;1-3-10-16-13(14)9-6-11-4-7-12(15-2)8-5-11/h5-6,8-11H,4,7H2,1-3H3,(H,16,17);4-9H,3,10H2,1-2H3. The second-order valence-electron chi connectivity index (χ2n) is 7.95. The van der Waals surface area contributed by atoms with Gasteiger partial charge in [-0.15, -0.1) is 0 Å². The Morgan fingerprint density at radius 1 is 0.912 bits per heavy atom. The lowest BCUT2D eigenvalue weighted by atomic mass is 10.0. The number of methoxy groups -OCH3 is 2. The summed E-state index contributed by atoms with van der Waals surface area (Å²) < 4.78 is 15.0. The zero-order valence-corrected chi connectivity index (χ0v) is 20.7. The molecular formula is C28H36O6. The highest BCUT2D eigenvalue weighted by molar-refractivity contribution is 5.92. The number of carboxylic acids is 1. The van der Waals surface area contributed by atoms with Crippen molar-refractivity contribution >= 4 is 24.1 Å². The van der Waals surface area contributed by atoms with Crippen LogP contribution in [0.25, 0.3) is 12.2 Å². The summed E-state index contributed by atoms with van der Waals surface area (Å²) in [6.07, 6.45) is 7.19. The highest BCUT2D eigenvalue weighted by Gasteiger charge is 2.08. The van der Waals surface area contributed by atoms with E-state index < -0.39 is 5.97 Å². The van der Waals surface area contributed by atoms with E-state index in [0.717, 1.165) is 35.5 Å². The number of ether oxygens (including phenoxy) is 3. The van der Waals surface area contributed by atoms with Crippen LogP contribution in [-0.2, 0) is 14.3 Å². The molecule has 0 heterocycles. The normalized spacial score (nSPS) is 11.1. The first-order chi connectivity index (χ1) is 16.3. The Hall–Kier alpha value is -3.54. The molecule has 6 nitrogen and oxygen atoms in total. The summed E-state index contributed by atoms with van der Waals surface area (Å²) in [4.78, 5) is 22.3. The van der Waals surface area contributed by atoms with E-state index in [2.05, 4.69) is 13.8 Å². The van der Waals surface area contributed by atoms with Crippen molar-refractivity contribution in [2.45, 2.75) is 40.0 Å². The zero-order valence-electron chi connectivity index (χ0n) is 20.7. The minimum atomic E-state index is -0.841. The van der Waals surface area contributed by atoms with Gasteiger partial charge < -0.3 is 19.3 Å². The van der Waals surface area contributed by atoms with Crippen LogP contribution >= 0.6 is 0 Å². The lowest BCUT2D eigenvalue weighted by Gasteiger charge is -2.06. The van der Waals surface area contributed by atoms with Crippen molar-refractivity contribution in [2.75, 3.05) is 20.8 Å². The number of rotatable bonds is 11. The van der Waals surface area contributed by atoms with Crippen molar-refractivity contribution in [3.63, 3.8) is 0 Å². The molecule has 2 rings (SSSR count). The van der Waals surface area contributed by atoms with Crippen molar-refractivity contribution < 1.29 is 28.9 Å². The highest BCUT2D eigenvalue weighted by atomic mass is 16.5. The summed E-state index contributed by atoms with van der Waals surface area (Å²) in [6, 6.07) is 14.8. The SMILES string of the molecule is CCCOC(=O)C=Cc1ccc(OC)cc1.COc1ccc(C=C(CCC(C)C)C(=O)O)cc1. The van der Waals surface area contributed by atoms with Crippen LogP contribution in [0.4, 0.5) is 0 Å². The van der Waals surface area contributed by atoms with E-state index in [1.165, 1.54) is 6.08 Å². The molecule has 0 saturated carbocycles. The van der Waals surface area contributed by atoms with Gasteiger partial charge in [0.2, 0.25) is 0 Å². The average molecular weight is 469 g/mol. The maximum Gasteiger partial charge on any atom is 0.331 e. The van der Waals surface area contributed by atoms with Crippen LogP contribution in [0.3, 0.4) is 0 Å². The fraction of sp³-hybridized carbons (Fsp3) is 0.357. The molecule has 0 atom stereocenters. The van der Waals surface area contributed by atoms with Gasteiger partial charge in [-0.25, -0.2) is 9.59 Å². The number of carbonyl (C=O) groups is 2. The first-order valence-corrected chi connectivity index (χ1v) is 11.4. The third kappa shape index (κ3) is 11.9. The summed E-state index contributed by atoms with van der Waals surface area (Å²) in [5.41, 5.74) is 2.28. The number of aliphatic carboxylic acids is 1. The van der Waals surface area contributed by atoms with Crippen LogP contribution in [0.5, 0.6) is 11.5 Å². The van der Waals surface area contributed by atoms with Crippen LogP contribution in [0.15, 0.2) is 60.2 Å². The average Bonchev–Trinajstić information content (AvgIpc) is 2.84. The molecule has 34 heavy (non-hydrogen) atoms. The van der Waals surface area contributed by atoms with Gasteiger partial charge in [0.15, 0.2) is 0 Å². The predicted molar refractivity (Wildman–Crippen MR) is 136 cm³/mol. The van der Waals surface area contributed by atoms with Gasteiger partial charge in [-0.3, -0.25) is 0 Å². The van der Waals surface area contributed by atoms with Crippen LogP contribution in [0, 0.1) is 5.92 Å². The molecule has 0 spiro atoms. The van der Waals surface area contributed by atoms with E-state index in [1.807, 2.05) is 55.5 Å². The summed E-state index contributed by atoms with van der Waals surface area (Å²) in [6.45, 7) is 6.60. The number of carbonyl (C=O) groups excluding carboxylic acids is 1. The third-order valence-electron chi connectivity index (χ3n) is 4.70. The van der Waals surface area contributed by atoms with Crippen molar-refractivity contribution in [1.29, 1.82) is 0 Å². The minimum Gasteiger partial charge on any atom is -0.497 e. The largest absolute Gasteiger partial charge is 0.497 e. The predicted octanol–water partition coefficient (Wildman–Crippen LogP) is 6.26. The van der Waals surface area contributed by atoms with Crippen molar-refractivity contribution in [2.24, 2.45) is 5.92 Å². The van der Waals surface area contributed by atoms with E-state index in [9.17, 15) is 9.59 Å². The van der Waals surface area contributed by atoms with E-state index in [0.29, 0.717) is 24.5 Å². The maximum absolute atomic E-state index is 11.2. The van der Waals surface area contributed by atoms with Gasteiger partial charge in [-0.2, -0.15) is 0 Å². The van der Waals surface area contributed by atoms with Gasteiger partial charge in [-0.05, 0) is 72.7 Å². The van der Waals surface area contributed by atoms with Crippen LogP contribution < -0.4 is 9.47 Å². The van der Waals surface area contributed by atoms with Crippen LogP contribution in [0.2, 0.25) is 0 Å². The second-order valence-corrected chi connectivity index (χ2v) is 7.95. The molecule has 0 unspecified atom stereocenters. The molecule has 0 bridgehead atoms. The molecule has 0 radical (unpaired) electrons. The summed E-state index contributed by atoms with van der Waals surface area (Å²) in [7, 11) is 3.23. The first kappa shape index (κ1) is 28.5. The Morgan fingerprint density at radius 3 is 1.88 bits per heavy atom. The summed E-state index contributed by atoms with van der Waals surface area (Å²) in [5, 5.41) is 9.16. The number of carboxylic acid groups (broad SMARTS) is 1. The molecule has 0 saturated heterocycles. The third-order valence-corrected chi connectivity index (χ3v) is 4.70. The van der Waals surface area contributed by atoms with Gasteiger partial charge in [0.1, 0.15) is 11.5 Å². The van der Waals surface area contributed by atoms with Crippen molar-refractivity contribution in [3.05, 3.63) is 71.3 Å². The molecule has 184 valence electrons. The molecule has 2 aromatic rings. The second kappa shape index (κ2) is 16.1. The molecule has 0 aliphatic carbocycles. The highest BCUT2D eigenvalue weighted by Crippen LogP contribution is 2.18. The van der Waals surface area contributed by atoms with E-state index in [-0.39, 0.29) is 5.97 Å². The van der Waals surface area contributed by atoms with Crippen LogP contribution in [0.1, 0.15) is 51.2 Å². The molecule has 0 aromatic heterocycles. The fourth-order valence-corrected chi connectivity index (χ4v) is 2.72. The van der Waals surface area contributed by atoms with Gasteiger partial charge >= 0.3 is 11.9 Å². The topological polar surface area (TPSA) is 82.1 Å². The Balaban J connectivity index is 0.000000342. The number of hydrogen-bond acceptors (Lipinski definition) is 5. The Morgan fingerprint density at radius 2 is 1.44 bits per heavy atom. The summed E-state index contributed by atoms with van der Waals surface area (Å²) >= 11 is 0. The first-order valence-electron chi connectivity index (χ1n) is 11.4.